The third-order valence-electron chi connectivity index (χ3n) is 3.85. The van der Waals surface area contributed by atoms with Crippen LogP contribution in [-0.2, 0) is 6.54 Å². The molecule has 0 aliphatic rings. The maximum Gasteiger partial charge on any atom is 0.182 e. The van der Waals surface area contributed by atoms with Crippen LogP contribution in [0, 0.1) is 0 Å². The van der Waals surface area contributed by atoms with Crippen molar-refractivity contribution in [2.75, 3.05) is 18.4 Å². The van der Waals surface area contributed by atoms with Crippen molar-refractivity contribution in [3.63, 3.8) is 0 Å². The van der Waals surface area contributed by atoms with Crippen LogP contribution in [0.5, 0.6) is 5.75 Å². The first kappa shape index (κ1) is 18.0. The lowest BCUT2D eigenvalue weighted by Crippen LogP contribution is -2.22. The summed E-state index contributed by atoms with van der Waals surface area (Å²) in [6.07, 6.45) is 3.07. The summed E-state index contributed by atoms with van der Waals surface area (Å²) in [4.78, 5) is 17.7. The van der Waals surface area contributed by atoms with E-state index in [1.165, 1.54) is 6.33 Å². The lowest BCUT2D eigenvalue weighted by Gasteiger charge is -2.19. The molecule has 0 aliphatic carbocycles. The molecule has 7 nitrogen and oxygen atoms in total. The first-order chi connectivity index (χ1) is 11.2. The van der Waals surface area contributed by atoms with Crippen LogP contribution in [0.4, 0.5) is 11.5 Å². The molecule has 128 valence electrons. The summed E-state index contributed by atoms with van der Waals surface area (Å²) in [6, 6.07) is 5.47. The number of benzene rings is 1. The van der Waals surface area contributed by atoms with Gasteiger partial charge in [-0.1, -0.05) is 13.8 Å². The molecule has 3 aromatic rings. The molecule has 24 heavy (non-hydrogen) atoms. The third kappa shape index (κ3) is 3.74. The summed E-state index contributed by atoms with van der Waals surface area (Å²) in [6.45, 7) is 6.80. The molecule has 2 aromatic heterocycles. The molecule has 0 bridgehead atoms. The van der Waals surface area contributed by atoms with Gasteiger partial charge in [0.2, 0.25) is 0 Å². The van der Waals surface area contributed by atoms with E-state index >= 15 is 0 Å². The number of aromatic nitrogens is 4. The Bertz CT molecular complexity index is 802. The van der Waals surface area contributed by atoms with Crippen molar-refractivity contribution in [3.05, 3.63) is 36.4 Å². The van der Waals surface area contributed by atoms with E-state index in [1.807, 2.05) is 12.1 Å². The first-order valence-electron chi connectivity index (χ1n) is 7.66. The minimum absolute atomic E-state index is 0. The molecule has 0 unspecified atom stereocenters. The fourth-order valence-electron chi connectivity index (χ4n) is 2.47. The Morgan fingerprint density at radius 2 is 1.96 bits per heavy atom. The van der Waals surface area contributed by atoms with Crippen LogP contribution in [0.1, 0.15) is 19.4 Å². The van der Waals surface area contributed by atoms with E-state index in [0.29, 0.717) is 23.8 Å². The molecule has 3 rings (SSSR count). The number of nitrogens with one attached hydrogen (secondary N) is 2. The van der Waals surface area contributed by atoms with E-state index in [0.717, 1.165) is 29.9 Å². The Balaban J connectivity index is 0.00000208. The minimum Gasteiger partial charge on any atom is -0.508 e. The summed E-state index contributed by atoms with van der Waals surface area (Å²) in [5, 5.41) is 13.3. The SMILES string of the molecule is CCN(CC)Cc1cc(Nc2ncnc3nc[nH]c23)ccc1O.Cl. The van der Waals surface area contributed by atoms with E-state index < -0.39 is 0 Å². The fourth-order valence-corrected chi connectivity index (χ4v) is 2.47. The van der Waals surface area contributed by atoms with Crippen molar-refractivity contribution in [1.82, 2.24) is 24.8 Å². The van der Waals surface area contributed by atoms with Crippen molar-refractivity contribution < 1.29 is 5.11 Å². The number of anilines is 2. The Hall–Kier alpha value is -2.38. The van der Waals surface area contributed by atoms with E-state index in [2.05, 4.69) is 44.0 Å². The Morgan fingerprint density at radius 1 is 1.17 bits per heavy atom. The first-order valence-corrected chi connectivity index (χ1v) is 7.66. The number of phenols is 1. The molecule has 0 saturated carbocycles. The molecule has 2 heterocycles. The number of rotatable bonds is 6. The van der Waals surface area contributed by atoms with Gasteiger partial charge >= 0.3 is 0 Å². The van der Waals surface area contributed by atoms with Gasteiger partial charge in [0.1, 0.15) is 17.6 Å². The molecule has 8 heteroatoms. The zero-order valence-electron chi connectivity index (χ0n) is 13.7. The molecule has 1 aromatic carbocycles. The molecule has 0 saturated heterocycles. The molecular weight excluding hydrogens is 328 g/mol. The molecule has 0 atom stereocenters. The molecular formula is C16H21ClN6O. The highest BCUT2D eigenvalue weighted by Gasteiger charge is 2.10. The molecule has 0 radical (unpaired) electrons. The van der Waals surface area contributed by atoms with E-state index in [1.54, 1.807) is 12.4 Å². The maximum atomic E-state index is 10.1. The average Bonchev–Trinajstić information content (AvgIpc) is 3.05. The smallest absolute Gasteiger partial charge is 0.182 e. The van der Waals surface area contributed by atoms with Crippen LogP contribution < -0.4 is 5.32 Å². The Morgan fingerprint density at radius 3 is 2.71 bits per heavy atom. The van der Waals surface area contributed by atoms with Crippen LogP contribution in [0.3, 0.4) is 0 Å². The van der Waals surface area contributed by atoms with E-state index in [4.69, 9.17) is 0 Å². The lowest BCUT2D eigenvalue weighted by atomic mass is 10.1. The fraction of sp³-hybridized carbons (Fsp3) is 0.312. The zero-order valence-corrected chi connectivity index (χ0v) is 14.5. The molecule has 0 fully saturated rings. The number of hydrogen-bond acceptors (Lipinski definition) is 6. The minimum atomic E-state index is 0. The van der Waals surface area contributed by atoms with Gasteiger partial charge in [-0.25, -0.2) is 15.0 Å². The normalized spacial score (nSPS) is 10.8. The predicted octanol–water partition coefficient (Wildman–Crippen LogP) is 3.07. The lowest BCUT2D eigenvalue weighted by molar-refractivity contribution is 0.291. The number of aromatic amines is 1. The second-order valence-electron chi connectivity index (χ2n) is 5.25. The van der Waals surface area contributed by atoms with Gasteiger partial charge in [-0.05, 0) is 31.3 Å². The summed E-state index contributed by atoms with van der Waals surface area (Å²) >= 11 is 0. The van der Waals surface area contributed by atoms with Crippen LogP contribution >= 0.6 is 12.4 Å². The van der Waals surface area contributed by atoms with Gasteiger partial charge < -0.3 is 15.4 Å². The van der Waals surface area contributed by atoms with Crippen molar-refractivity contribution in [1.29, 1.82) is 0 Å². The number of hydrogen-bond donors (Lipinski definition) is 3. The summed E-state index contributed by atoms with van der Waals surface area (Å²) in [7, 11) is 0. The topological polar surface area (TPSA) is 90.0 Å². The van der Waals surface area contributed by atoms with Crippen LogP contribution in [-0.4, -0.2) is 43.0 Å². The van der Waals surface area contributed by atoms with E-state index in [-0.39, 0.29) is 12.4 Å². The molecule has 0 amide bonds. The summed E-state index contributed by atoms with van der Waals surface area (Å²) in [5.41, 5.74) is 3.11. The number of imidazole rings is 1. The van der Waals surface area contributed by atoms with Gasteiger partial charge in [0.05, 0.1) is 6.33 Å². The molecule has 3 N–H and O–H groups in total. The third-order valence-corrected chi connectivity index (χ3v) is 3.85. The second-order valence-corrected chi connectivity index (χ2v) is 5.25. The number of nitrogens with zero attached hydrogens (tertiary/aromatic N) is 4. The quantitative estimate of drug-likeness (QED) is 0.593. The largest absolute Gasteiger partial charge is 0.508 e. The Kier molecular flexibility index (Phi) is 5.94. The van der Waals surface area contributed by atoms with Gasteiger partial charge in [0.15, 0.2) is 11.5 Å². The number of fused-ring (bicyclic) bond motifs is 1. The van der Waals surface area contributed by atoms with Gasteiger partial charge in [-0.3, -0.25) is 4.90 Å². The summed E-state index contributed by atoms with van der Waals surface area (Å²) in [5.74, 6) is 0.962. The zero-order chi connectivity index (χ0) is 16.2. The van der Waals surface area contributed by atoms with Crippen molar-refractivity contribution in [2.45, 2.75) is 20.4 Å². The highest BCUT2D eigenvalue weighted by atomic mass is 35.5. The van der Waals surface area contributed by atoms with Crippen LogP contribution in [0.25, 0.3) is 11.2 Å². The summed E-state index contributed by atoms with van der Waals surface area (Å²) < 4.78 is 0. The second kappa shape index (κ2) is 7.94. The molecule has 0 aliphatic heterocycles. The number of H-pyrrole nitrogens is 1. The maximum absolute atomic E-state index is 10.1. The van der Waals surface area contributed by atoms with Gasteiger partial charge in [-0.2, -0.15) is 0 Å². The van der Waals surface area contributed by atoms with Gasteiger partial charge in [-0.15, -0.1) is 12.4 Å². The van der Waals surface area contributed by atoms with Gasteiger partial charge in [0.25, 0.3) is 0 Å². The number of halogens is 1. The van der Waals surface area contributed by atoms with Crippen molar-refractivity contribution >= 4 is 35.1 Å². The van der Waals surface area contributed by atoms with Crippen molar-refractivity contribution in [3.8, 4) is 5.75 Å². The van der Waals surface area contributed by atoms with Gasteiger partial charge in [0, 0.05) is 17.8 Å². The average molecular weight is 349 g/mol. The van der Waals surface area contributed by atoms with Crippen LogP contribution in [0.2, 0.25) is 0 Å². The van der Waals surface area contributed by atoms with Crippen LogP contribution in [0.15, 0.2) is 30.9 Å². The standard InChI is InChI=1S/C16H20N6O.ClH/c1-3-22(4-2)8-11-7-12(5-6-13(11)23)21-16-14-15(18-9-17-14)19-10-20-16;/h5-7,9-10,23H,3-4,8H2,1-2H3,(H2,17,18,19,20,21);1H. The Labute approximate surface area is 146 Å². The monoisotopic (exact) mass is 348 g/mol. The molecule has 0 spiro atoms. The highest BCUT2D eigenvalue weighted by molar-refractivity contribution is 5.85. The number of phenolic OH excluding ortho intramolecular Hbond substituents is 1. The highest BCUT2D eigenvalue weighted by Crippen LogP contribution is 2.26. The van der Waals surface area contributed by atoms with Crippen molar-refractivity contribution in [2.24, 2.45) is 0 Å². The van der Waals surface area contributed by atoms with E-state index in [9.17, 15) is 5.11 Å². The number of aromatic hydroxyl groups is 1. The predicted molar refractivity (Wildman–Crippen MR) is 96.9 cm³/mol.